The van der Waals surface area contributed by atoms with Gasteiger partial charge in [0.25, 0.3) is 0 Å². The second-order valence-electron chi connectivity index (χ2n) is 2.81. The summed E-state index contributed by atoms with van der Waals surface area (Å²) in [6.45, 7) is 4.04. The SMILES string of the molecule is CCOC(=O)c1c(SC)nn(C)c1C. The molecule has 0 N–H and O–H groups in total. The van der Waals surface area contributed by atoms with Crippen LogP contribution in [0.5, 0.6) is 0 Å². The largest absolute Gasteiger partial charge is 0.462 e. The van der Waals surface area contributed by atoms with E-state index in [1.54, 1.807) is 11.6 Å². The van der Waals surface area contributed by atoms with Crippen LogP contribution >= 0.6 is 11.8 Å². The van der Waals surface area contributed by atoms with Crippen molar-refractivity contribution < 1.29 is 9.53 Å². The van der Waals surface area contributed by atoms with Gasteiger partial charge in [-0.3, -0.25) is 4.68 Å². The van der Waals surface area contributed by atoms with Gasteiger partial charge in [-0.25, -0.2) is 4.79 Å². The van der Waals surface area contributed by atoms with Gasteiger partial charge in [-0.2, -0.15) is 5.10 Å². The number of hydrogen-bond acceptors (Lipinski definition) is 4. The molecule has 0 unspecified atom stereocenters. The number of ether oxygens (including phenoxy) is 1. The summed E-state index contributed by atoms with van der Waals surface area (Å²) in [5.41, 5.74) is 1.43. The maximum Gasteiger partial charge on any atom is 0.342 e. The predicted octanol–water partition coefficient (Wildman–Crippen LogP) is 1.63. The molecular weight excluding hydrogens is 200 g/mol. The maximum atomic E-state index is 11.6. The topological polar surface area (TPSA) is 44.1 Å². The van der Waals surface area contributed by atoms with Gasteiger partial charge in [-0.15, -0.1) is 11.8 Å². The molecule has 78 valence electrons. The number of rotatable bonds is 3. The summed E-state index contributed by atoms with van der Waals surface area (Å²) in [5.74, 6) is -0.289. The van der Waals surface area contributed by atoms with E-state index in [1.807, 2.05) is 20.2 Å². The fourth-order valence-electron chi connectivity index (χ4n) is 1.16. The van der Waals surface area contributed by atoms with Gasteiger partial charge in [-0.05, 0) is 20.1 Å². The number of esters is 1. The molecule has 5 heteroatoms. The smallest absolute Gasteiger partial charge is 0.342 e. The zero-order chi connectivity index (χ0) is 10.7. The molecule has 0 aliphatic carbocycles. The number of thioether (sulfide) groups is 1. The van der Waals surface area contributed by atoms with E-state index in [1.165, 1.54) is 11.8 Å². The van der Waals surface area contributed by atoms with Crippen molar-refractivity contribution in [1.82, 2.24) is 9.78 Å². The van der Waals surface area contributed by atoms with Crippen molar-refractivity contribution in [2.75, 3.05) is 12.9 Å². The van der Waals surface area contributed by atoms with Crippen LogP contribution in [0.2, 0.25) is 0 Å². The van der Waals surface area contributed by atoms with E-state index in [0.717, 1.165) is 10.7 Å². The lowest BCUT2D eigenvalue weighted by molar-refractivity contribution is 0.0521. The Labute approximate surface area is 87.6 Å². The standard InChI is InChI=1S/C9H14N2O2S/c1-5-13-9(12)7-6(2)11(3)10-8(7)14-4/h5H2,1-4H3. The first-order valence-corrected chi connectivity index (χ1v) is 5.59. The van der Waals surface area contributed by atoms with Crippen molar-refractivity contribution in [1.29, 1.82) is 0 Å². The molecule has 1 aromatic rings. The molecular formula is C9H14N2O2S. The Hall–Kier alpha value is -0.970. The summed E-state index contributed by atoms with van der Waals surface area (Å²) in [6.07, 6.45) is 1.89. The number of hydrogen-bond donors (Lipinski definition) is 0. The van der Waals surface area contributed by atoms with Gasteiger partial charge < -0.3 is 4.74 Å². The monoisotopic (exact) mass is 214 g/mol. The normalized spacial score (nSPS) is 10.3. The summed E-state index contributed by atoms with van der Waals surface area (Å²) in [4.78, 5) is 11.6. The molecule has 1 rings (SSSR count). The van der Waals surface area contributed by atoms with Crippen molar-refractivity contribution in [3.05, 3.63) is 11.3 Å². The van der Waals surface area contributed by atoms with Gasteiger partial charge >= 0.3 is 5.97 Å². The minimum absolute atomic E-state index is 0.289. The van der Waals surface area contributed by atoms with Gasteiger partial charge in [0.2, 0.25) is 0 Å². The Morgan fingerprint density at radius 3 is 2.79 bits per heavy atom. The average Bonchev–Trinajstić information content (AvgIpc) is 2.43. The van der Waals surface area contributed by atoms with Gasteiger partial charge in [0.05, 0.1) is 12.3 Å². The minimum Gasteiger partial charge on any atom is -0.462 e. The number of aromatic nitrogens is 2. The molecule has 14 heavy (non-hydrogen) atoms. The molecule has 0 radical (unpaired) electrons. The van der Waals surface area contributed by atoms with Crippen LogP contribution in [0.1, 0.15) is 23.0 Å². The van der Waals surface area contributed by atoms with Crippen molar-refractivity contribution in [2.24, 2.45) is 7.05 Å². The van der Waals surface area contributed by atoms with Crippen LogP contribution in [-0.4, -0.2) is 28.6 Å². The number of carbonyl (C=O) groups excluding carboxylic acids is 1. The van der Waals surface area contributed by atoms with Crippen LogP contribution in [0, 0.1) is 6.92 Å². The molecule has 1 heterocycles. The van der Waals surface area contributed by atoms with E-state index < -0.39 is 0 Å². The number of nitrogens with zero attached hydrogens (tertiary/aromatic N) is 2. The van der Waals surface area contributed by atoms with Gasteiger partial charge in [0, 0.05) is 7.05 Å². The zero-order valence-corrected chi connectivity index (χ0v) is 9.64. The molecule has 0 spiro atoms. The average molecular weight is 214 g/mol. The van der Waals surface area contributed by atoms with Gasteiger partial charge in [0.1, 0.15) is 10.6 Å². The highest BCUT2D eigenvalue weighted by Crippen LogP contribution is 2.22. The quantitative estimate of drug-likeness (QED) is 0.566. The van der Waals surface area contributed by atoms with E-state index in [9.17, 15) is 4.79 Å². The molecule has 1 aromatic heterocycles. The van der Waals surface area contributed by atoms with Crippen molar-refractivity contribution in [2.45, 2.75) is 18.9 Å². The van der Waals surface area contributed by atoms with Crippen LogP contribution in [0.25, 0.3) is 0 Å². The van der Waals surface area contributed by atoms with Crippen molar-refractivity contribution in [3.8, 4) is 0 Å². The highest BCUT2D eigenvalue weighted by molar-refractivity contribution is 7.98. The minimum atomic E-state index is -0.289. The fourth-order valence-corrected chi connectivity index (χ4v) is 1.80. The van der Waals surface area contributed by atoms with Crippen molar-refractivity contribution in [3.63, 3.8) is 0 Å². The molecule has 0 saturated heterocycles. The molecule has 0 bridgehead atoms. The zero-order valence-electron chi connectivity index (χ0n) is 8.83. The van der Waals surface area contributed by atoms with Gasteiger partial charge in [-0.1, -0.05) is 0 Å². The van der Waals surface area contributed by atoms with E-state index in [4.69, 9.17) is 4.74 Å². The summed E-state index contributed by atoms with van der Waals surface area (Å²) < 4.78 is 6.65. The predicted molar refractivity (Wildman–Crippen MR) is 55.7 cm³/mol. The Morgan fingerprint density at radius 1 is 1.64 bits per heavy atom. The Kier molecular flexibility index (Phi) is 3.57. The first-order chi connectivity index (χ1) is 6.61. The third kappa shape index (κ3) is 1.92. The summed E-state index contributed by atoms with van der Waals surface area (Å²) >= 11 is 1.45. The molecule has 0 aliphatic rings. The first kappa shape index (κ1) is 11.1. The summed E-state index contributed by atoms with van der Waals surface area (Å²) in [5, 5.41) is 4.94. The van der Waals surface area contributed by atoms with E-state index in [-0.39, 0.29) is 5.97 Å². The molecule has 0 aromatic carbocycles. The highest BCUT2D eigenvalue weighted by atomic mass is 32.2. The third-order valence-corrected chi connectivity index (χ3v) is 2.65. The molecule has 0 fully saturated rings. The molecule has 0 saturated carbocycles. The lowest BCUT2D eigenvalue weighted by Gasteiger charge is -2.01. The fraction of sp³-hybridized carbons (Fsp3) is 0.556. The Bertz CT molecular complexity index is 347. The van der Waals surface area contributed by atoms with Crippen LogP contribution < -0.4 is 0 Å². The molecule has 0 aliphatic heterocycles. The van der Waals surface area contributed by atoms with Crippen LogP contribution in [0.3, 0.4) is 0 Å². The third-order valence-electron chi connectivity index (χ3n) is 1.97. The Morgan fingerprint density at radius 2 is 2.29 bits per heavy atom. The van der Waals surface area contributed by atoms with Crippen LogP contribution in [0.15, 0.2) is 5.03 Å². The van der Waals surface area contributed by atoms with Gasteiger partial charge in [0.15, 0.2) is 0 Å². The lowest BCUT2D eigenvalue weighted by atomic mass is 10.3. The highest BCUT2D eigenvalue weighted by Gasteiger charge is 2.20. The maximum absolute atomic E-state index is 11.6. The summed E-state index contributed by atoms with van der Waals surface area (Å²) in [6, 6.07) is 0. The van der Waals surface area contributed by atoms with E-state index in [0.29, 0.717) is 12.2 Å². The number of aryl methyl sites for hydroxylation is 1. The second-order valence-corrected chi connectivity index (χ2v) is 3.61. The first-order valence-electron chi connectivity index (χ1n) is 4.36. The lowest BCUT2D eigenvalue weighted by Crippen LogP contribution is -2.07. The van der Waals surface area contributed by atoms with Crippen LogP contribution in [0.4, 0.5) is 0 Å². The second kappa shape index (κ2) is 4.50. The number of carbonyl (C=O) groups is 1. The molecule has 0 atom stereocenters. The molecule has 0 amide bonds. The van der Waals surface area contributed by atoms with Crippen LogP contribution in [-0.2, 0) is 11.8 Å². The Balaban J connectivity index is 3.10. The van der Waals surface area contributed by atoms with E-state index >= 15 is 0 Å². The summed E-state index contributed by atoms with van der Waals surface area (Å²) in [7, 11) is 1.82. The van der Waals surface area contributed by atoms with E-state index in [2.05, 4.69) is 5.10 Å². The van der Waals surface area contributed by atoms with Crippen molar-refractivity contribution >= 4 is 17.7 Å². The molecule has 4 nitrogen and oxygen atoms in total.